The minimum Gasteiger partial charge on any atom is -0.378 e. The molecule has 0 saturated carbocycles. The fourth-order valence-corrected chi connectivity index (χ4v) is 3.92. The summed E-state index contributed by atoms with van der Waals surface area (Å²) >= 11 is 0. The van der Waals surface area contributed by atoms with Crippen LogP contribution in [0.5, 0.6) is 0 Å². The number of rotatable bonds is 5. The highest BCUT2D eigenvalue weighted by molar-refractivity contribution is 5.79. The molecule has 1 N–H and O–H groups in total. The van der Waals surface area contributed by atoms with Crippen LogP contribution in [0, 0.1) is 11.7 Å². The quantitative estimate of drug-likeness (QED) is 0.829. The van der Waals surface area contributed by atoms with Gasteiger partial charge in [-0.1, -0.05) is 12.1 Å². The molecule has 2 saturated heterocycles. The second-order valence-electron chi connectivity index (χ2n) is 7.44. The predicted molar refractivity (Wildman–Crippen MR) is 108 cm³/mol. The van der Waals surface area contributed by atoms with Gasteiger partial charge in [-0.25, -0.2) is 14.4 Å². The lowest BCUT2D eigenvalue weighted by molar-refractivity contribution is -0.125. The van der Waals surface area contributed by atoms with Crippen LogP contribution >= 0.6 is 0 Å². The molecule has 2 aliphatic rings. The van der Waals surface area contributed by atoms with Gasteiger partial charge >= 0.3 is 0 Å². The van der Waals surface area contributed by atoms with Crippen molar-refractivity contribution in [2.75, 3.05) is 49.2 Å². The first kappa shape index (κ1) is 19.6. The number of morpholine rings is 1. The lowest BCUT2D eigenvalue weighted by Crippen LogP contribution is -2.42. The van der Waals surface area contributed by atoms with Crippen LogP contribution < -0.4 is 15.1 Å². The van der Waals surface area contributed by atoms with Crippen molar-refractivity contribution >= 4 is 17.4 Å². The van der Waals surface area contributed by atoms with Crippen LogP contribution in [0.4, 0.5) is 15.9 Å². The summed E-state index contributed by atoms with van der Waals surface area (Å²) < 4.78 is 18.7. The van der Waals surface area contributed by atoms with E-state index in [0.29, 0.717) is 19.8 Å². The molecule has 2 aliphatic heterocycles. The molecular weight excluding hydrogens is 373 g/mol. The second kappa shape index (κ2) is 9.17. The molecule has 0 bridgehead atoms. The maximum Gasteiger partial charge on any atom is 0.223 e. The fourth-order valence-electron chi connectivity index (χ4n) is 3.92. The number of piperidine rings is 1. The van der Waals surface area contributed by atoms with Gasteiger partial charge in [0.1, 0.15) is 12.1 Å². The topological polar surface area (TPSA) is 70.6 Å². The highest BCUT2D eigenvalue weighted by Crippen LogP contribution is 2.30. The first-order valence-corrected chi connectivity index (χ1v) is 10.1. The zero-order chi connectivity index (χ0) is 20.1. The van der Waals surface area contributed by atoms with Gasteiger partial charge in [-0.3, -0.25) is 4.79 Å². The number of carbonyl (C=O) groups excluding carboxylic acids is 1. The standard InChI is InChI=1S/C21H26FN5O2/c22-18-3-1-2-16(12-18)13-24-21(28)17-4-6-26(7-5-17)19-14-23-15-25-20(19)27-8-10-29-11-9-27/h1-3,12,14-15,17H,4-11,13H2,(H,24,28). The highest BCUT2D eigenvalue weighted by Gasteiger charge is 2.27. The highest BCUT2D eigenvalue weighted by atomic mass is 19.1. The number of aromatic nitrogens is 2. The molecule has 3 heterocycles. The first-order valence-electron chi connectivity index (χ1n) is 10.1. The largest absolute Gasteiger partial charge is 0.378 e. The minimum atomic E-state index is -0.286. The predicted octanol–water partition coefficient (Wildman–Crippen LogP) is 1.99. The molecule has 0 aliphatic carbocycles. The Bertz CT molecular complexity index is 835. The number of anilines is 2. The van der Waals surface area contributed by atoms with Gasteiger partial charge in [0.2, 0.25) is 5.91 Å². The number of benzene rings is 1. The monoisotopic (exact) mass is 399 g/mol. The van der Waals surface area contributed by atoms with Gasteiger partial charge in [-0.05, 0) is 30.5 Å². The molecule has 7 nitrogen and oxygen atoms in total. The zero-order valence-electron chi connectivity index (χ0n) is 16.4. The Balaban J connectivity index is 1.33. The van der Waals surface area contributed by atoms with Gasteiger partial charge in [0.25, 0.3) is 0 Å². The molecule has 154 valence electrons. The smallest absolute Gasteiger partial charge is 0.223 e. The fraction of sp³-hybridized carbons (Fsp3) is 0.476. The van der Waals surface area contributed by atoms with E-state index < -0.39 is 0 Å². The lowest BCUT2D eigenvalue weighted by Gasteiger charge is -2.36. The Morgan fingerprint density at radius 1 is 1.17 bits per heavy atom. The average molecular weight is 399 g/mol. The maximum absolute atomic E-state index is 13.3. The van der Waals surface area contributed by atoms with Crippen molar-refractivity contribution in [2.24, 2.45) is 5.92 Å². The van der Waals surface area contributed by atoms with E-state index in [-0.39, 0.29) is 17.6 Å². The van der Waals surface area contributed by atoms with Crippen LogP contribution in [-0.4, -0.2) is 55.3 Å². The van der Waals surface area contributed by atoms with Crippen LogP contribution in [-0.2, 0) is 16.1 Å². The molecular formula is C21H26FN5O2. The third-order valence-corrected chi connectivity index (χ3v) is 5.55. The Kier molecular flexibility index (Phi) is 6.19. The van der Waals surface area contributed by atoms with Crippen LogP contribution in [0.1, 0.15) is 18.4 Å². The van der Waals surface area contributed by atoms with Crippen molar-refractivity contribution in [1.29, 1.82) is 0 Å². The van der Waals surface area contributed by atoms with Gasteiger partial charge in [-0.15, -0.1) is 0 Å². The van der Waals surface area contributed by atoms with E-state index in [1.54, 1.807) is 12.4 Å². The van der Waals surface area contributed by atoms with Crippen LogP contribution in [0.2, 0.25) is 0 Å². The number of nitrogens with one attached hydrogen (secondary N) is 1. The van der Waals surface area contributed by atoms with Crippen molar-refractivity contribution in [3.05, 3.63) is 48.2 Å². The maximum atomic E-state index is 13.3. The van der Waals surface area contributed by atoms with Crippen LogP contribution in [0.15, 0.2) is 36.8 Å². The van der Waals surface area contributed by atoms with Gasteiger partial charge in [0.05, 0.1) is 25.1 Å². The van der Waals surface area contributed by atoms with Crippen molar-refractivity contribution < 1.29 is 13.9 Å². The second-order valence-corrected chi connectivity index (χ2v) is 7.44. The van der Waals surface area contributed by atoms with Gasteiger partial charge < -0.3 is 19.9 Å². The van der Waals surface area contributed by atoms with Crippen LogP contribution in [0.25, 0.3) is 0 Å². The Morgan fingerprint density at radius 3 is 2.72 bits per heavy atom. The number of hydrogen-bond donors (Lipinski definition) is 1. The molecule has 1 aromatic heterocycles. The normalized spacial score (nSPS) is 18.0. The summed E-state index contributed by atoms with van der Waals surface area (Å²) in [7, 11) is 0. The first-order chi connectivity index (χ1) is 14.2. The molecule has 2 aromatic rings. The van der Waals surface area contributed by atoms with Crippen molar-refractivity contribution in [2.45, 2.75) is 19.4 Å². The molecule has 0 radical (unpaired) electrons. The third kappa shape index (κ3) is 4.82. The van der Waals surface area contributed by atoms with Gasteiger partial charge in [-0.2, -0.15) is 0 Å². The van der Waals surface area contributed by atoms with E-state index in [1.165, 1.54) is 12.1 Å². The third-order valence-electron chi connectivity index (χ3n) is 5.55. The van der Waals surface area contributed by atoms with E-state index in [0.717, 1.165) is 56.1 Å². The number of hydrogen-bond acceptors (Lipinski definition) is 6. The van der Waals surface area contributed by atoms with Crippen molar-refractivity contribution in [1.82, 2.24) is 15.3 Å². The number of halogens is 1. The van der Waals surface area contributed by atoms with E-state index in [1.807, 2.05) is 12.3 Å². The van der Waals surface area contributed by atoms with E-state index in [4.69, 9.17) is 4.74 Å². The summed E-state index contributed by atoms with van der Waals surface area (Å²) in [5.41, 5.74) is 1.79. The SMILES string of the molecule is O=C(NCc1cccc(F)c1)C1CCN(c2cncnc2N2CCOCC2)CC1. The van der Waals surface area contributed by atoms with Gasteiger partial charge in [0, 0.05) is 38.6 Å². The molecule has 1 aromatic carbocycles. The van der Waals surface area contributed by atoms with Crippen molar-refractivity contribution in [3.8, 4) is 0 Å². The summed E-state index contributed by atoms with van der Waals surface area (Å²) in [5.74, 6) is 0.659. The number of ether oxygens (including phenoxy) is 1. The average Bonchev–Trinajstić information content (AvgIpc) is 2.78. The molecule has 2 fully saturated rings. The van der Waals surface area contributed by atoms with Crippen molar-refractivity contribution in [3.63, 3.8) is 0 Å². The summed E-state index contributed by atoms with van der Waals surface area (Å²) in [6.45, 7) is 4.97. The Morgan fingerprint density at radius 2 is 1.97 bits per heavy atom. The van der Waals surface area contributed by atoms with E-state index >= 15 is 0 Å². The Labute approximate surface area is 169 Å². The summed E-state index contributed by atoms with van der Waals surface area (Å²) in [5, 5.41) is 2.94. The van der Waals surface area contributed by atoms with E-state index in [9.17, 15) is 9.18 Å². The molecule has 4 rings (SSSR count). The van der Waals surface area contributed by atoms with E-state index in [2.05, 4.69) is 25.1 Å². The number of nitrogens with zero attached hydrogens (tertiary/aromatic N) is 4. The summed E-state index contributed by atoms with van der Waals surface area (Å²) in [6.07, 6.45) is 4.99. The molecule has 0 spiro atoms. The molecule has 0 unspecified atom stereocenters. The molecule has 29 heavy (non-hydrogen) atoms. The number of amides is 1. The van der Waals surface area contributed by atoms with Gasteiger partial charge in [0.15, 0.2) is 5.82 Å². The minimum absolute atomic E-state index is 0.0312. The summed E-state index contributed by atoms with van der Waals surface area (Å²) in [6, 6.07) is 6.32. The lowest BCUT2D eigenvalue weighted by atomic mass is 9.95. The molecule has 1 amide bonds. The van der Waals surface area contributed by atoms with Crippen LogP contribution in [0.3, 0.4) is 0 Å². The molecule has 8 heteroatoms. The Hall–Kier alpha value is -2.74. The molecule has 0 atom stereocenters. The number of carbonyl (C=O) groups is 1. The zero-order valence-corrected chi connectivity index (χ0v) is 16.4. The summed E-state index contributed by atoms with van der Waals surface area (Å²) in [4.78, 5) is 25.8.